The maximum absolute atomic E-state index is 13.4. The Balaban J connectivity index is 2.17. The lowest BCUT2D eigenvalue weighted by molar-refractivity contribution is 0.320. The van der Waals surface area contributed by atoms with Crippen LogP contribution in [0.2, 0.25) is 0 Å². The molecule has 0 saturated heterocycles. The van der Waals surface area contributed by atoms with Crippen LogP contribution in [0, 0.1) is 17.5 Å². The number of halogens is 3. The largest absolute Gasteiger partial charge is 0.446 e. The highest BCUT2D eigenvalue weighted by atomic mass is 19.2. The summed E-state index contributed by atoms with van der Waals surface area (Å²) in [6.07, 6.45) is 0. The summed E-state index contributed by atoms with van der Waals surface area (Å²) in [5.74, 6) is -3.37. The molecule has 1 aliphatic rings. The summed E-state index contributed by atoms with van der Waals surface area (Å²) in [6.45, 7) is 0. The fraction of sp³-hybridized carbons (Fsp3) is 0. The van der Waals surface area contributed by atoms with Crippen molar-refractivity contribution in [3.63, 3.8) is 0 Å². The molecule has 5 heteroatoms. The van der Waals surface area contributed by atoms with Gasteiger partial charge in [-0.3, -0.25) is 0 Å². The molecule has 86 valence electrons. The molecule has 0 spiro atoms. The molecule has 0 aromatic heterocycles. The van der Waals surface area contributed by atoms with Crippen molar-refractivity contribution in [2.24, 2.45) is 0 Å². The predicted octanol–water partition coefficient (Wildman–Crippen LogP) is 4.00. The average molecular weight is 238 g/mol. The van der Waals surface area contributed by atoms with Gasteiger partial charge in [0.05, 0.1) is 0 Å². The first-order valence-electron chi connectivity index (χ1n) is 4.79. The van der Waals surface area contributed by atoms with E-state index < -0.39 is 17.5 Å². The number of hydrogen-bond acceptors (Lipinski definition) is 2. The van der Waals surface area contributed by atoms with Gasteiger partial charge < -0.3 is 9.47 Å². The maximum atomic E-state index is 13.4. The Bertz CT molecular complexity index is 611. The zero-order valence-corrected chi connectivity index (χ0v) is 8.34. The summed E-state index contributed by atoms with van der Waals surface area (Å²) in [5, 5.41) is 0. The van der Waals surface area contributed by atoms with Crippen LogP contribution in [0.25, 0.3) is 0 Å². The first kappa shape index (κ1) is 10.0. The minimum absolute atomic E-state index is 0.0157. The summed E-state index contributed by atoms with van der Waals surface area (Å²) in [6, 6.07) is 6.06. The lowest BCUT2D eigenvalue weighted by Gasteiger charge is -2.20. The van der Waals surface area contributed by atoms with E-state index in [0.717, 1.165) is 6.07 Å². The smallest absolute Gasteiger partial charge is 0.208 e. The lowest BCUT2D eigenvalue weighted by atomic mass is 10.2. The van der Waals surface area contributed by atoms with Gasteiger partial charge in [-0.2, -0.15) is 4.39 Å². The second-order valence-electron chi connectivity index (χ2n) is 3.46. The highest BCUT2D eigenvalue weighted by molar-refractivity contribution is 5.55. The Hall–Kier alpha value is -2.17. The Kier molecular flexibility index (Phi) is 2.01. The van der Waals surface area contributed by atoms with Crippen LogP contribution >= 0.6 is 0 Å². The molecule has 1 aliphatic heterocycles. The van der Waals surface area contributed by atoms with Crippen LogP contribution in [0.4, 0.5) is 13.2 Å². The van der Waals surface area contributed by atoms with Crippen molar-refractivity contribution in [2.75, 3.05) is 0 Å². The third kappa shape index (κ3) is 1.43. The fourth-order valence-electron chi connectivity index (χ4n) is 1.58. The molecule has 2 aromatic rings. The monoisotopic (exact) mass is 238 g/mol. The van der Waals surface area contributed by atoms with Gasteiger partial charge in [0.1, 0.15) is 0 Å². The highest BCUT2D eigenvalue weighted by Crippen LogP contribution is 2.47. The minimum Gasteiger partial charge on any atom is -0.446 e. The summed E-state index contributed by atoms with van der Waals surface area (Å²) in [4.78, 5) is 0. The molecule has 3 rings (SSSR count). The zero-order chi connectivity index (χ0) is 12.0. The summed E-state index contributed by atoms with van der Waals surface area (Å²) >= 11 is 0. The van der Waals surface area contributed by atoms with Gasteiger partial charge in [0.25, 0.3) is 0 Å². The molecule has 0 unspecified atom stereocenters. The van der Waals surface area contributed by atoms with E-state index in [0.29, 0.717) is 0 Å². The van der Waals surface area contributed by atoms with Gasteiger partial charge >= 0.3 is 0 Å². The van der Waals surface area contributed by atoms with E-state index in [4.69, 9.17) is 9.47 Å². The minimum atomic E-state index is -1.16. The first-order valence-corrected chi connectivity index (χ1v) is 4.79. The molecule has 0 N–H and O–H groups in total. The number of para-hydroxylation sites is 1. The lowest BCUT2D eigenvalue weighted by Crippen LogP contribution is -2.03. The molecule has 0 bridgehead atoms. The maximum Gasteiger partial charge on any atom is 0.208 e. The fourth-order valence-corrected chi connectivity index (χ4v) is 1.58. The van der Waals surface area contributed by atoms with Gasteiger partial charge in [0.15, 0.2) is 23.1 Å². The molecular formula is C12H5F3O2. The van der Waals surface area contributed by atoms with E-state index in [9.17, 15) is 13.2 Å². The molecule has 2 aromatic carbocycles. The van der Waals surface area contributed by atoms with Crippen LogP contribution in [-0.2, 0) is 0 Å². The van der Waals surface area contributed by atoms with Gasteiger partial charge in [-0.25, -0.2) is 8.78 Å². The van der Waals surface area contributed by atoms with E-state index in [1.54, 1.807) is 0 Å². The molecule has 0 amide bonds. The van der Waals surface area contributed by atoms with Crippen LogP contribution in [0.1, 0.15) is 0 Å². The van der Waals surface area contributed by atoms with Gasteiger partial charge in [0, 0.05) is 0 Å². The molecule has 1 heterocycles. The number of fused-ring (bicyclic) bond motifs is 2. The van der Waals surface area contributed by atoms with E-state index in [1.165, 1.54) is 24.3 Å². The second-order valence-corrected chi connectivity index (χ2v) is 3.46. The van der Waals surface area contributed by atoms with Crippen molar-refractivity contribution in [2.45, 2.75) is 0 Å². The number of rotatable bonds is 0. The summed E-state index contributed by atoms with van der Waals surface area (Å²) in [7, 11) is 0. The van der Waals surface area contributed by atoms with Crippen molar-refractivity contribution >= 4 is 0 Å². The number of hydrogen-bond donors (Lipinski definition) is 0. The average Bonchev–Trinajstić information content (AvgIpc) is 2.33. The summed E-state index contributed by atoms with van der Waals surface area (Å²) in [5.41, 5.74) is 0. The first-order chi connectivity index (χ1) is 8.16. The van der Waals surface area contributed by atoms with Gasteiger partial charge in [-0.1, -0.05) is 6.07 Å². The van der Waals surface area contributed by atoms with Crippen LogP contribution in [0.15, 0.2) is 30.3 Å². The van der Waals surface area contributed by atoms with Gasteiger partial charge in [-0.15, -0.1) is 0 Å². The predicted molar refractivity (Wildman–Crippen MR) is 52.9 cm³/mol. The van der Waals surface area contributed by atoms with Crippen LogP contribution in [-0.4, -0.2) is 0 Å². The number of benzene rings is 2. The van der Waals surface area contributed by atoms with E-state index in [-0.39, 0.29) is 23.0 Å². The molecule has 17 heavy (non-hydrogen) atoms. The molecule has 0 atom stereocenters. The molecular weight excluding hydrogens is 233 g/mol. The topological polar surface area (TPSA) is 18.5 Å². The van der Waals surface area contributed by atoms with Crippen molar-refractivity contribution < 1.29 is 22.6 Å². The Morgan fingerprint density at radius 2 is 1.41 bits per heavy atom. The zero-order valence-electron chi connectivity index (χ0n) is 8.34. The van der Waals surface area contributed by atoms with E-state index in [2.05, 4.69) is 0 Å². The summed E-state index contributed by atoms with van der Waals surface area (Å²) < 4.78 is 50.0. The molecule has 0 radical (unpaired) electrons. The SMILES string of the molecule is Fc1ccc2c(c1F)Oc1cccc(F)c1O2. The van der Waals surface area contributed by atoms with E-state index in [1.807, 2.05) is 0 Å². The second kappa shape index (κ2) is 3.41. The van der Waals surface area contributed by atoms with Gasteiger partial charge in [-0.05, 0) is 24.3 Å². The van der Waals surface area contributed by atoms with Crippen LogP contribution < -0.4 is 9.47 Å². The quantitative estimate of drug-likeness (QED) is 0.589. The standard InChI is InChI=1S/C12H5F3O2/c13-6-4-5-9-12(10(6)15)17-8-3-1-2-7(14)11(8)16-9/h1-5H. The number of ether oxygens (including phenoxy) is 2. The normalized spacial score (nSPS) is 12.2. The van der Waals surface area contributed by atoms with E-state index >= 15 is 0 Å². The molecule has 2 nitrogen and oxygen atoms in total. The Labute approximate surface area is 94.2 Å². The van der Waals surface area contributed by atoms with Crippen molar-refractivity contribution in [1.29, 1.82) is 0 Å². The Morgan fingerprint density at radius 1 is 0.706 bits per heavy atom. The van der Waals surface area contributed by atoms with Crippen LogP contribution in [0.5, 0.6) is 23.0 Å². The van der Waals surface area contributed by atoms with Crippen LogP contribution in [0.3, 0.4) is 0 Å². The Morgan fingerprint density at radius 3 is 2.24 bits per heavy atom. The van der Waals surface area contributed by atoms with Crippen molar-refractivity contribution in [3.05, 3.63) is 47.8 Å². The third-order valence-corrected chi connectivity index (χ3v) is 2.37. The van der Waals surface area contributed by atoms with Crippen molar-refractivity contribution in [3.8, 4) is 23.0 Å². The molecule has 0 aliphatic carbocycles. The molecule has 0 saturated carbocycles. The van der Waals surface area contributed by atoms with Gasteiger partial charge in [0.2, 0.25) is 17.3 Å². The third-order valence-electron chi connectivity index (χ3n) is 2.37. The molecule has 0 fully saturated rings. The van der Waals surface area contributed by atoms with Crippen molar-refractivity contribution in [1.82, 2.24) is 0 Å². The highest BCUT2D eigenvalue weighted by Gasteiger charge is 2.26.